The molecule has 0 radical (unpaired) electrons. The number of carbonyl (C=O) groups excluding carboxylic acids is 2. The molecule has 138 valence electrons. The summed E-state index contributed by atoms with van der Waals surface area (Å²) in [6, 6.07) is 6.11. The highest BCUT2D eigenvalue weighted by Gasteiger charge is 2.30. The van der Waals surface area contributed by atoms with Crippen molar-refractivity contribution in [3.63, 3.8) is 0 Å². The lowest BCUT2D eigenvalue weighted by Gasteiger charge is -2.14. The van der Waals surface area contributed by atoms with Crippen molar-refractivity contribution in [3.05, 3.63) is 29.3 Å². The number of para-hydroxylation sites is 1. The Kier molecular flexibility index (Phi) is 6.26. The quantitative estimate of drug-likeness (QED) is 0.530. The first-order valence-electron chi connectivity index (χ1n) is 8.78. The Labute approximate surface area is 161 Å². The van der Waals surface area contributed by atoms with Crippen LogP contribution in [0.2, 0.25) is 0 Å². The fourth-order valence-electron chi connectivity index (χ4n) is 2.58. The molecule has 8 heteroatoms. The molecule has 2 aromatic rings. The summed E-state index contributed by atoms with van der Waals surface area (Å²) >= 11 is 2.63. The van der Waals surface area contributed by atoms with E-state index < -0.39 is 0 Å². The van der Waals surface area contributed by atoms with Crippen molar-refractivity contribution in [2.75, 3.05) is 16.4 Å². The molecule has 0 spiro atoms. The van der Waals surface area contributed by atoms with Crippen molar-refractivity contribution >= 4 is 45.7 Å². The van der Waals surface area contributed by atoms with Gasteiger partial charge >= 0.3 is 0 Å². The molecule has 1 fully saturated rings. The first-order chi connectivity index (χ1) is 12.6. The lowest BCUT2D eigenvalue weighted by molar-refractivity contribution is -0.117. The Bertz CT molecular complexity index is 780. The maximum atomic E-state index is 12.4. The fraction of sp³-hybridized carbons (Fsp3) is 0.444. The van der Waals surface area contributed by atoms with Gasteiger partial charge in [-0.1, -0.05) is 55.1 Å². The average Bonchev–Trinajstić information content (AvgIpc) is 3.41. The molecule has 0 saturated heterocycles. The van der Waals surface area contributed by atoms with Crippen LogP contribution in [0.25, 0.3) is 0 Å². The Hall–Kier alpha value is -1.93. The van der Waals surface area contributed by atoms with Crippen LogP contribution >= 0.6 is 23.1 Å². The molecule has 1 aliphatic rings. The summed E-state index contributed by atoms with van der Waals surface area (Å²) in [4.78, 5) is 24.1. The number of nitrogens with one attached hydrogen (secondary N) is 2. The minimum atomic E-state index is -0.0654. The van der Waals surface area contributed by atoms with Gasteiger partial charge in [-0.2, -0.15) is 0 Å². The average molecular weight is 391 g/mol. The third-order valence-corrected chi connectivity index (χ3v) is 6.15. The molecule has 2 N–H and O–H groups in total. The Morgan fingerprint density at radius 3 is 2.46 bits per heavy atom. The van der Waals surface area contributed by atoms with E-state index in [-0.39, 0.29) is 23.5 Å². The van der Waals surface area contributed by atoms with Crippen molar-refractivity contribution in [1.29, 1.82) is 0 Å². The second-order valence-electron chi connectivity index (χ2n) is 6.13. The molecule has 1 aliphatic carbocycles. The van der Waals surface area contributed by atoms with Crippen LogP contribution in [0.3, 0.4) is 0 Å². The standard InChI is InChI=1S/C18H22N4O2S2/c1-3-11-6-5-7-12(4-2)15(11)19-14(23)10-25-18-22-21-17(26-18)20-16(24)13-8-9-13/h5-7,13H,3-4,8-10H2,1-2H3,(H,19,23)(H,20,21,24). The van der Waals surface area contributed by atoms with Gasteiger partial charge in [0.2, 0.25) is 16.9 Å². The molecule has 1 saturated carbocycles. The molecule has 0 unspecified atom stereocenters. The lowest BCUT2D eigenvalue weighted by atomic mass is 10.0. The van der Waals surface area contributed by atoms with Gasteiger partial charge in [0, 0.05) is 11.6 Å². The number of hydrogen-bond donors (Lipinski definition) is 2. The van der Waals surface area contributed by atoms with E-state index in [2.05, 4.69) is 34.7 Å². The number of aromatic nitrogens is 2. The van der Waals surface area contributed by atoms with Gasteiger partial charge in [0.25, 0.3) is 0 Å². The van der Waals surface area contributed by atoms with E-state index in [1.807, 2.05) is 18.2 Å². The summed E-state index contributed by atoms with van der Waals surface area (Å²) in [5.74, 6) is 0.335. The van der Waals surface area contributed by atoms with Crippen molar-refractivity contribution in [1.82, 2.24) is 10.2 Å². The summed E-state index contributed by atoms with van der Waals surface area (Å²) in [7, 11) is 0. The number of nitrogens with zero attached hydrogens (tertiary/aromatic N) is 2. The van der Waals surface area contributed by atoms with E-state index in [4.69, 9.17) is 0 Å². The Morgan fingerprint density at radius 2 is 1.85 bits per heavy atom. The maximum Gasteiger partial charge on any atom is 0.234 e. The van der Waals surface area contributed by atoms with E-state index in [0.29, 0.717) is 9.47 Å². The highest BCUT2D eigenvalue weighted by atomic mass is 32.2. The van der Waals surface area contributed by atoms with Crippen molar-refractivity contribution in [2.45, 2.75) is 43.9 Å². The van der Waals surface area contributed by atoms with Gasteiger partial charge in [0.1, 0.15) is 0 Å². The number of thioether (sulfide) groups is 1. The molecule has 1 aromatic carbocycles. The predicted molar refractivity (Wildman–Crippen MR) is 106 cm³/mol. The normalized spacial score (nSPS) is 13.5. The lowest BCUT2D eigenvalue weighted by Crippen LogP contribution is -2.16. The minimum absolute atomic E-state index is 0.0127. The van der Waals surface area contributed by atoms with Crippen molar-refractivity contribution in [3.8, 4) is 0 Å². The molecular formula is C18H22N4O2S2. The molecule has 26 heavy (non-hydrogen) atoms. The molecule has 0 atom stereocenters. The van der Waals surface area contributed by atoms with E-state index >= 15 is 0 Å². The van der Waals surface area contributed by atoms with Crippen LogP contribution in [0.1, 0.15) is 37.8 Å². The Balaban J connectivity index is 1.54. The SMILES string of the molecule is CCc1cccc(CC)c1NC(=O)CSc1nnc(NC(=O)C2CC2)s1. The fourth-order valence-corrected chi connectivity index (χ4v) is 4.13. The number of amides is 2. The summed E-state index contributed by atoms with van der Waals surface area (Å²) in [6.45, 7) is 4.16. The van der Waals surface area contributed by atoms with Gasteiger partial charge in [0.15, 0.2) is 4.34 Å². The van der Waals surface area contributed by atoms with E-state index in [0.717, 1.165) is 42.5 Å². The van der Waals surface area contributed by atoms with E-state index in [9.17, 15) is 9.59 Å². The first kappa shape index (κ1) is 18.8. The van der Waals surface area contributed by atoms with Gasteiger partial charge in [0.05, 0.1) is 5.75 Å². The third kappa shape index (κ3) is 4.82. The number of rotatable bonds is 8. The molecular weight excluding hydrogens is 368 g/mol. The molecule has 6 nitrogen and oxygen atoms in total. The van der Waals surface area contributed by atoms with E-state index in [1.165, 1.54) is 23.1 Å². The van der Waals surface area contributed by atoms with Crippen LogP contribution < -0.4 is 10.6 Å². The molecule has 1 heterocycles. The van der Waals surface area contributed by atoms with Crippen LogP contribution in [-0.4, -0.2) is 27.8 Å². The number of anilines is 2. The second kappa shape index (κ2) is 8.64. The predicted octanol–water partition coefficient (Wildman–Crippen LogP) is 3.74. The molecule has 0 aliphatic heterocycles. The van der Waals surface area contributed by atoms with Crippen LogP contribution in [0, 0.1) is 5.92 Å². The summed E-state index contributed by atoms with van der Waals surface area (Å²) < 4.78 is 0.672. The maximum absolute atomic E-state index is 12.4. The summed E-state index contributed by atoms with van der Waals surface area (Å²) in [5.41, 5.74) is 3.21. The molecule has 1 aromatic heterocycles. The number of carbonyl (C=O) groups is 2. The van der Waals surface area contributed by atoms with Crippen molar-refractivity contribution in [2.24, 2.45) is 5.92 Å². The van der Waals surface area contributed by atoms with Gasteiger partial charge < -0.3 is 10.6 Å². The largest absolute Gasteiger partial charge is 0.325 e. The molecule has 3 rings (SSSR count). The molecule has 2 amide bonds. The zero-order chi connectivity index (χ0) is 18.5. The zero-order valence-electron chi connectivity index (χ0n) is 14.9. The highest BCUT2D eigenvalue weighted by molar-refractivity contribution is 8.01. The topological polar surface area (TPSA) is 84.0 Å². The van der Waals surface area contributed by atoms with Crippen LogP contribution in [0.4, 0.5) is 10.8 Å². The number of benzene rings is 1. The van der Waals surface area contributed by atoms with Crippen LogP contribution in [0.5, 0.6) is 0 Å². The van der Waals surface area contributed by atoms with Crippen molar-refractivity contribution < 1.29 is 9.59 Å². The number of aryl methyl sites for hydroxylation is 2. The van der Waals surface area contributed by atoms with Gasteiger partial charge in [-0.05, 0) is 36.8 Å². The van der Waals surface area contributed by atoms with Gasteiger partial charge in [-0.25, -0.2) is 0 Å². The monoisotopic (exact) mass is 390 g/mol. The van der Waals surface area contributed by atoms with E-state index in [1.54, 1.807) is 0 Å². The third-order valence-electron chi connectivity index (χ3n) is 4.17. The minimum Gasteiger partial charge on any atom is -0.325 e. The first-order valence-corrected chi connectivity index (χ1v) is 10.6. The number of hydrogen-bond acceptors (Lipinski definition) is 6. The van der Waals surface area contributed by atoms with Crippen LogP contribution in [0.15, 0.2) is 22.5 Å². The summed E-state index contributed by atoms with van der Waals surface area (Å²) in [5, 5.41) is 14.3. The summed E-state index contributed by atoms with van der Waals surface area (Å²) in [6.07, 6.45) is 3.64. The zero-order valence-corrected chi connectivity index (χ0v) is 16.5. The highest BCUT2D eigenvalue weighted by Crippen LogP contribution is 2.32. The van der Waals surface area contributed by atoms with Crippen LogP contribution in [-0.2, 0) is 22.4 Å². The van der Waals surface area contributed by atoms with Gasteiger partial charge in [-0.3, -0.25) is 9.59 Å². The van der Waals surface area contributed by atoms with Gasteiger partial charge in [-0.15, -0.1) is 10.2 Å². The molecule has 0 bridgehead atoms. The second-order valence-corrected chi connectivity index (χ2v) is 8.33. The smallest absolute Gasteiger partial charge is 0.234 e. The Morgan fingerprint density at radius 1 is 1.15 bits per heavy atom.